The number of aliphatic hydroxyl groups excluding tert-OH is 20. The van der Waals surface area contributed by atoms with Crippen LogP contribution in [0.1, 0.15) is 5.56 Å². The van der Waals surface area contributed by atoms with Gasteiger partial charge >= 0.3 is 0 Å². The lowest BCUT2D eigenvalue weighted by Gasteiger charge is -2.50. The normalized spacial score (nSPS) is 51.0. The lowest BCUT2D eigenvalue weighted by Crippen LogP contribution is -2.68. The van der Waals surface area contributed by atoms with Crippen molar-refractivity contribution in [3.8, 4) is 0 Å². The Hall–Kier alpha value is -2.19. The minimum Gasteiger partial charge on any atom is -0.394 e. The molecule has 14 bridgehead atoms. The van der Waals surface area contributed by atoms with Crippen LogP contribution in [-0.4, -0.2) is 371 Å². The van der Waals surface area contributed by atoms with E-state index in [-0.39, 0.29) is 4.90 Å². The van der Waals surface area contributed by atoms with Crippen LogP contribution in [0.5, 0.6) is 0 Å². The van der Waals surface area contributed by atoms with Gasteiger partial charge in [-0.3, -0.25) is 0 Å². The molecule has 35 atom stereocenters. The maximum atomic E-state index is 14.1. The molecule has 21 saturated heterocycles. The summed E-state index contributed by atoms with van der Waals surface area (Å²) in [5.74, 6) is -1.13. The van der Waals surface area contributed by atoms with E-state index in [1.807, 2.05) is 0 Å². The molecule has 22 rings (SSSR count). The summed E-state index contributed by atoms with van der Waals surface area (Å²) >= 11 is 0. The fourth-order valence-electron chi connectivity index (χ4n) is 11.5. The number of rotatable bonds is 9. The highest BCUT2D eigenvalue weighted by molar-refractivity contribution is 7.91. The Morgan fingerprint density at radius 1 is 0.279 bits per heavy atom. The number of sulfone groups is 1. The lowest BCUT2D eigenvalue weighted by molar-refractivity contribution is -0.396. The molecular weight excluding hydrogens is 1200 g/mol. The topological polar surface area (TPSA) is 568 Å². The van der Waals surface area contributed by atoms with Gasteiger partial charge in [0.2, 0.25) is 0 Å². The van der Waals surface area contributed by atoms with Gasteiger partial charge in [-0.05, 0) is 19.1 Å². The Morgan fingerprint density at radius 3 is 0.640 bits per heavy atom. The number of hydrogen-bond donors (Lipinski definition) is 20. The van der Waals surface area contributed by atoms with E-state index in [1.165, 1.54) is 24.3 Å². The first-order valence-electron chi connectivity index (χ1n) is 27.5. The molecule has 1 aromatic rings. The lowest BCUT2D eigenvalue weighted by atomic mass is 9.95. The smallest absolute Gasteiger partial charge is 0.187 e. The molecule has 21 aliphatic heterocycles. The minimum atomic E-state index is -4.52. The molecule has 0 amide bonds. The summed E-state index contributed by atoms with van der Waals surface area (Å²) in [5, 5.41) is 223. The molecule has 20 N–H and O–H groups in total. The molecule has 0 unspecified atom stereocenters. The standard InChI is InChI=1S/C49H76O36S/c1-13-2-4-14(5-3-13)86(70,71)12-21-42-28(62)35(69)49(78-21)84-41-20(11-55)76-47(33(67)26(41)60)82-39-18(9-53)74-45(31(65)24(39)58)80-37-16(7-51)72-43(29(63)22(37)56)79-36-15(6-50)73-44(30(64)23(36)57)81-38-17(8-52)75-46(32(66)25(38)59)83-40-19(10-54)77-48(85-42)34(68)27(40)61/h2-5,15-69H,6-12H2,1H3/t15-,16-,17-,18-,19-,20-,21-,22-,23-,24-,25-,26-,27-,28-,29-,30-,31-,32-,33-,34-,35-,36-,37-,38-,39-,40-,41-,42-,43-,44-,45-,46-,47-,48-,49-/m1/s1. The Bertz CT molecular complexity index is 2410. The summed E-state index contributed by atoms with van der Waals surface area (Å²) in [7, 11) is -4.52. The van der Waals surface area contributed by atoms with E-state index < -0.39 is 270 Å². The molecule has 21 aliphatic rings. The molecule has 494 valence electrons. The van der Waals surface area contributed by atoms with Crippen molar-refractivity contribution in [3.63, 3.8) is 0 Å². The van der Waals surface area contributed by atoms with Gasteiger partial charge in [-0.15, -0.1) is 0 Å². The first kappa shape index (κ1) is 68.2. The van der Waals surface area contributed by atoms with Gasteiger partial charge in [0, 0.05) is 0 Å². The molecule has 0 aromatic heterocycles. The molecule has 21 fully saturated rings. The van der Waals surface area contributed by atoms with E-state index >= 15 is 0 Å². The monoisotopic (exact) mass is 1270 g/mol. The number of benzene rings is 1. The highest BCUT2D eigenvalue weighted by Gasteiger charge is 2.60. The van der Waals surface area contributed by atoms with Crippen molar-refractivity contribution in [2.45, 2.75) is 227 Å². The molecule has 21 heterocycles. The van der Waals surface area contributed by atoms with Gasteiger partial charge < -0.3 is 168 Å². The van der Waals surface area contributed by atoms with E-state index in [1.54, 1.807) is 6.92 Å². The van der Waals surface area contributed by atoms with Crippen LogP contribution in [0.25, 0.3) is 0 Å². The number of ether oxygens (including phenoxy) is 14. The second kappa shape index (κ2) is 28.4. The maximum absolute atomic E-state index is 14.1. The number of hydrogen-bond acceptors (Lipinski definition) is 36. The summed E-state index contributed by atoms with van der Waals surface area (Å²) in [6, 6.07) is 5.39. The zero-order valence-electron chi connectivity index (χ0n) is 45.4. The molecule has 0 spiro atoms. The van der Waals surface area contributed by atoms with E-state index in [4.69, 9.17) is 66.3 Å². The second-order valence-electron chi connectivity index (χ2n) is 22.1. The fraction of sp³-hybridized carbons (Fsp3) is 0.878. The van der Waals surface area contributed by atoms with Crippen LogP contribution in [0, 0.1) is 6.92 Å². The van der Waals surface area contributed by atoms with Gasteiger partial charge in [0.1, 0.15) is 171 Å². The van der Waals surface area contributed by atoms with Crippen LogP contribution in [0.2, 0.25) is 0 Å². The van der Waals surface area contributed by atoms with Crippen molar-refractivity contribution in [1.29, 1.82) is 0 Å². The zero-order chi connectivity index (χ0) is 62.5. The quantitative estimate of drug-likeness (QED) is 0.109. The number of aliphatic hydroxyl groups is 20. The molecule has 1 aromatic carbocycles. The minimum absolute atomic E-state index is 0.293. The predicted octanol–water partition coefficient (Wildman–Crippen LogP) is -13.4. The fourth-order valence-corrected chi connectivity index (χ4v) is 12.9. The summed E-state index contributed by atoms with van der Waals surface area (Å²) in [5.41, 5.74) is 0.652. The Labute approximate surface area is 487 Å². The van der Waals surface area contributed by atoms with Crippen molar-refractivity contribution in [3.05, 3.63) is 29.8 Å². The molecule has 36 nitrogen and oxygen atoms in total. The molecule has 86 heavy (non-hydrogen) atoms. The van der Waals surface area contributed by atoms with Crippen LogP contribution >= 0.6 is 0 Å². The van der Waals surface area contributed by atoms with Gasteiger partial charge in [0.25, 0.3) is 0 Å². The molecular formula is C49H76O36S. The summed E-state index contributed by atoms with van der Waals surface area (Å²) in [6.45, 7) is -4.85. The number of aryl methyl sites for hydroxylation is 1. The highest BCUT2D eigenvalue weighted by Crippen LogP contribution is 2.39. The van der Waals surface area contributed by atoms with E-state index in [0.717, 1.165) is 0 Å². The summed E-state index contributed by atoms with van der Waals surface area (Å²) < 4.78 is 109. The first-order chi connectivity index (χ1) is 40.8. The van der Waals surface area contributed by atoms with E-state index in [0.29, 0.717) is 5.56 Å². The average Bonchev–Trinajstić information content (AvgIpc) is 1.72. The van der Waals surface area contributed by atoms with Gasteiger partial charge in [-0.25, -0.2) is 8.42 Å². The summed E-state index contributed by atoms with van der Waals surface area (Å²) in [6.07, 6.45) is -72.9. The Balaban J connectivity index is 1.03. The van der Waals surface area contributed by atoms with Crippen LogP contribution < -0.4 is 0 Å². The predicted molar refractivity (Wildman–Crippen MR) is 265 cm³/mol. The highest BCUT2D eigenvalue weighted by atomic mass is 32.2. The van der Waals surface area contributed by atoms with Crippen LogP contribution in [0.15, 0.2) is 29.2 Å². The molecule has 0 radical (unpaired) electrons. The van der Waals surface area contributed by atoms with Crippen LogP contribution in [-0.2, 0) is 76.2 Å². The third-order valence-corrected chi connectivity index (χ3v) is 18.1. The third-order valence-electron chi connectivity index (χ3n) is 16.4. The van der Waals surface area contributed by atoms with Gasteiger partial charge in [0.15, 0.2) is 53.9 Å². The van der Waals surface area contributed by atoms with Crippen molar-refractivity contribution >= 4 is 9.84 Å². The Morgan fingerprint density at radius 2 is 0.453 bits per heavy atom. The molecule has 0 saturated carbocycles. The molecule has 37 heteroatoms. The van der Waals surface area contributed by atoms with Gasteiger partial charge in [-0.1, -0.05) is 17.7 Å². The Kier molecular flexibility index (Phi) is 22.5. The van der Waals surface area contributed by atoms with Crippen molar-refractivity contribution in [2.24, 2.45) is 0 Å². The molecule has 0 aliphatic carbocycles. The van der Waals surface area contributed by atoms with Crippen LogP contribution in [0.3, 0.4) is 0 Å². The van der Waals surface area contributed by atoms with Gasteiger partial charge in [-0.2, -0.15) is 0 Å². The third kappa shape index (κ3) is 13.5. The second-order valence-corrected chi connectivity index (χ2v) is 24.1. The van der Waals surface area contributed by atoms with Crippen LogP contribution in [0.4, 0.5) is 0 Å². The first-order valence-corrected chi connectivity index (χ1v) is 29.1. The van der Waals surface area contributed by atoms with Gasteiger partial charge in [0.05, 0.1) is 50.3 Å². The van der Waals surface area contributed by atoms with Crippen molar-refractivity contribution < 1.29 is 177 Å². The van der Waals surface area contributed by atoms with E-state index in [9.17, 15) is 111 Å². The largest absolute Gasteiger partial charge is 0.394 e. The average molecular weight is 1270 g/mol. The zero-order valence-corrected chi connectivity index (χ0v) is 46.2. The summed E-state index contributed by atoms with van der Waals surface area (Å²) in [4.78, 5) is -0.293. The van der Waals surface area contributed by atoms with E-state index in [2.05, 4.69) is 0 Å². The van der Waals surface area contributed by atoms with Crippen molar-refractivity contribution in [1.82, 2.24) is 0 Å². The maximum Gasteiger partial charge on any atom is 0.187 e. The SMILES string of the molecule is Cc1ccc(S(=O)(=O)C[C@H]2O[C@@H]3O[C@H]4[C@H](O)[C@@H](O)[C@@H](O[C@H]5[C@H](O)[C@@H](O)[C@@H](O[C@H]6[C@H](O)[C@@H](O)[C@@H](O[C@H]7[C@H](O)[C@@H](O)[C@@H](O[C@H]8[C@H](O)[C@@H](O)[C@@H](O[C@H]9[C@H](O)[C@@H](O)[C@@H](O[C@H]2[C@H](O)[C@H]3O)O[C@@H]9CO)O[C@@H]8CO)O[C@@H]7CO)O[C@@H]6CO)O[C@@H]5CO)O[C@@H]4CO)cc1. The van der Waals surface area contributed by atoms with Crippen molar-refractivity contribution in [2.75, 3.05) is 45.4 Å².